The number of nitrogens with one attached hydrogen (secondary N) is 1. The van der Waals surface area contributed by atoms with Crippen LogP contribution in [0.3, 0.4) is 0 Å². The zero-order chi connectivity index (χ0) is 14.4. The van der Waals surface area contributed by atoms with E-state index in [1.54, 1.807) is 6.26 Å². The summed E-state index contributed by atoms with van der Waals surface area (Å²) in [6.45, 7) is 2.24. The molecule has 3 N–H and O–H groups in total. The second kappa shape index (κ2) is 7.08. The third-order valence-electron chi connectivity index (χ3n) is 2.76. The first-order valence-electron chi connectivity index (χ1n) is 5.95. The number of nitrogen functional groups attached to an aromatic ring is 1. The van der Waals surface area contributed by atoms with E-state index >= 15 is 0 Å². The first-order valence-corrected chi connectivity index (χ1v) is 7.57. The summed E-state index contributed by atoms with van der Waals surface area (Å²) in [5, 5.41) is 2.73. The first kappa shape index (κ1) is 15.4. The van der Waals surface area contributed by atoms with Crippen molar-refractivity contribution in [3.63, 3.8) is 0 Å². The number of carbonyl (C=O) groups is 1. The van der Waals surface area contributed by atoms with Gasteiger partial charge in [-0.1, -0.05) is 6.92 Å². The smallest absolute Gasteiger partial charge is 0.251 e. The number of rotatable bonds is 6. The number of pyridine rings is 1. The van der Waals surface area contributed by atoms with Gasteiger partial charge in [0, 0.05) is 46.8 Å². The minimum atomic E-state index is -0.893. The van der Waals surface area contributed by atoms with Crippen molar-refractivity contribution in [2.24, 2.45) is 0 Å². The largest absolute Gasteiger partial charge is 0.398 e. The molecule has 0 spiro atoms. The molecule has 0 aliphatic rings. The fourth-order valence-electron chi connectivity index (χ4n) is 1.46. The molecule has 6 nitrogen and oxygen atoms in total. The zero-order valence-corrected chi connectivity index (χ0v) is 11.9. The molecule has 0 aliphatic carbocycles. The average Bonchev–Trinajstić information content (AvgIpc) is 2.33. The van der Waals surface area contributed by atoms with Crippen LogP contribution in [-0.4, -0.2) is 32.7 Å². The first-order chi connectivity index (χ1) is 8.90. The van der Waals surface area contributed by atoms with Crippen LogP contribution in [0.1, 0.15) is 13.3 Å². The highest BCUT2D eigenvalue weighted by molar-refractivity contribution is 7.84. The van der Waals surface area contributed by atoms with Crippen molar-refractivity contribution < 1.29 is 9.00 Å². The van der Waals surface area contributed by atoms with Gasteiger partial charge in [-0.2, -0.15) is 0 Å². The van der Waals surface area contributed by atoms with Crippen molar-refractivity contribution in [1.82, 2.24) is 9.88 Å². The van der Waals surface area contributed by atoms with E-state index in [-0.39, 0.29) is 23.3 Å². The summed E-state index contributed by atoms with van der Waals surface area (Å²) in [5.74, 6) is -0.262. The molecule has 106 valence electrons. The fourth-order valence-corrected chi connectivity index (χ4v) is 1.91. The van der Waals surface area contributed by atoms with Crippen molar-refractivity contribution in [1.29, 1.82) is 0 Å². The summed E-state index contributed by atoms with van der Waals surface area (Å²) in [4.78, 5) is 23.1. The quantitative estimate of drug-likeness (QED) is 0.750. The van der Waals surface area contributed by atoms with Gasteiger partial charge in [0.05, 0.1) is 0 Å². The summed E-state index contributed by atoms with van der Waals surface area (Å²) in [5.41, 5.74) is 5.71. The van der Waals surface area contributed by atoms with Crippen LogP contribution in [0.5, 0.6) is 0 Å². The number of hydrogen-bond acceptors (Lipinski definition) is 4. The highest BCUT2D eigenvalue weighted by atomic mass is 32.2. The number of nitrogens with zero attached hydrogens (tertiary/aromatic N) is 1. The molecule has 0 bridgehead atoms. The van der Waals surface area contributed by atoms with Crippen LogP contribution in [0.25, 0.3) is 0 Å². The summed E-state index contributed by atoms with van der Waals surface area (Å²) in [7, 11) is -0.893. The van der Waals surface area contributed by atoms with Crippen molar-refractivity contribution in [3.05, 3.63) is 28.7 Å². The van der Waals surface area contributed by atoms with Crippen LogP contribution >= 0.6 is 0 Å². The van der Waals surface area contributed by atoms with Gasteiger partial charge >= 0.3 is 0 Å². The molecule has 1 rings (SSSR count). The standard InChI is InChI=1S/C12H19N3O3S/c1-9(19(2)18)5-6-14-11(16)8-15-7-10(13)3-4-12(15)17/h3-4,7,9H,5-6,8,13H2,1-2H3,(H,14,16). The highest BCUT2D eigenvalue weighted by Gasteiger charge is 2.08. The number of aromatic nitrogens is 1. The number of hydrogen-bond donors (Lipinski definition) is 2. The molecule has 7 heteroatoms. The van der Waals surface area contributed by atoms with Crippen LogP contribution < -0.4 is 16.6 Å². The molecule has 0 fully saturated rings. The topological polar surface area (TPSA) is 94.2 Å². The molecular weight excluding hydrogens is 266 g/mol. The number of nitrogens with two attached hydrogens (primary N) is 1. The molecule has 19 heavy (non-hydrogen) atoms. The molecule has 1 heterocycles. The molecule has 0 aromatic carbocycles. The molecule has 0 aliphatic heterocycles. The Morgan fingerprint density at radius 3 is 2.84 bits per heavy atom. The van der Waals surface area contributed by atoms with Gasteiger partial charge in [0.1, 0.15) is 6.54 Å². The van der Waals surface area contributed by atoms with Crippen LogP contribution in [-0.2, 0) is 22.1 Å². The lowest BCUT2D eigenvalue weighted by Crippen LogP contribution is -2.33. The third-order valence-corrected chi connectivity index (χ3v) is 4.13. The van der Waals surface area contributed by atoms with Gasteiger partial charge in [-0.25, -0.2) is 0 Å². The van der Waals surface area contributed by atoms with Crippen LogP contribution in [0.2, 0.25) is 0 Å². The van der Waals surface area contributed by atoms with Crippen LogP contribution in [0.15, 0.2) is 23.1 Å². The van der Waals surface area contributed by atoms with Crippen molar-refractivity contribution in [2.75, 3.05) is 18.5 Å². The molecular formula is C12H19N3O3S. The molecule has 0 radical (unpaired) electrons. The van der Waals surface area contributed by atoms with Crippen LogP contribution in [0.4, 0.5) is 5.69 Å². The van der Waals surface area contributed by atoms with E-state index in [4.69, 9.17) is 5.73 Å². The molecule has 0 saturated carbocycles. The van der Waals surface area contributed by atoms with Gasteiger partial charge in [-0.3, -0.25) is 13.8 Å². The van der Waals surface area contributed by atoms with Gasteiger partial charge in [0.15, 0.2) is 0 Å². The van der Waals surface area contributed by atoms with Gasteiger partial charge < -0.3 is 15.6 Å². The minimum Gasteiger partial charge on any atom is -0.398 e. The lowest BCUT2D eigenvalue weighted by Gasteiger charge is -2.10. The van der Waals surface area contributed by atoms with Gasteiger partial charge in [0.2, 0.25) is 5.91 Å². The van der Waals surface area contributed by atoms with E-state index in [0.29, 0.717) is 18.7 Å². The van der Waals surface area contributed by atoms with E-state index < -0.39 is 10.8 Å². The van der Waals surface area contributed by atoms with E-state index in [1.807, 2.05) is 6.92 Å². The Morgan fingerprint density at radius 1 is 1.53 bits per heavy atom. The number of anilines is 1. The normalized spacial score (nSPS) is 13.8. The molecule has 2 unspecified atom stereocenters. The summed E-state index contributed by atoms with van der Waals surface area (Å²) in [6.07, 6.45) is 3.71. The molecule has 1 amide bonds. The Kier molecular flexibility index (Phi) is 5.75. The lowest BCUT2D eigenvalue weighted by atomic mass is 10.3. The second-order valence-corrected chi connectivity index (χ2v) is 6.18. The van der Waals surface area contributed by atoms with Crippen molar-refractivity contribution >= 4 is 22.4 Å². The second-order valence-electron chi connectivity index (χ2n) is 4.38. The number of carbonyl (C=O) groups excluding carboxylic acids is 1. The monoisotopic (exact) mass is 285 g/mol. The van der Waals surface area contributed by atoms with Crippen molar-refractivity contribution in [3.8, 4) is 0 Å². The van der Waals surface area contributed by atoms with Gasteiger partial charge in [-0.15, -0.1) is 0 Å². The maximum absolute atomic E-state index is 11.6. The Balaban J connectivity index is 2.45. The fraction of sp³-hybridized carbons (Fsp3) is 0.500. The minimum absolute atomic E-state index is 0.0374. The van der Waals surface area contributed by atoms with Gasteiger partial charge in [0.25, 0.3) is 5.56 Å². The Hall–Kier alpha value is -1.63. The maximum atomic E-state index is 11.6. The predicted molar refractivity (Wildman–Crippen MR) is 76.3 cm³/mol. The Morgan fingerprint density at radius 2 is 2.21 bits per heavy atom. The zero-order valence-electron chi connectivity index (χ0n) is 11.1. The lowest BCUT2D eigenvalue weighted by molar-refractivity contribution is -0.121. The summed E-state index contributed by atoms with van der Waals surface area (Å²) < 4.78 is 12.4. The molecule has 1 aromatic heterocycles. The SMILES string of the molecule is CC(CCNC(=O)Cn1cc(N)ccc1=O)S(C)=O. The predicted octanol–water partition coefficient (Wildman–Crippen LogP) is -0.296. The van der Waals surface area contributed by atoms with Crippen molar-refractivity contribution in [2.45, 2.75) is 25.1 Å². The summed E-state index contributed by atoms with van der Waals surface area (Å²) in [6, 6.07) is 2.82. The van der Waals surface area contributed by atoms with Crippen LogP contribution in [0, 0.1) is 0 Å². The van der Waals surface area contributed by atoms with Gasteiger partial charge in [-0.05, 0) is 12.5 Å². The highest BCUT2D eigenvalue weighted by Crippen LogP contribution is 1.98. The van der Waals surface area contributed by atoms with E-state index in [0.717, 1.165) is 0 Å². The Bertz CT molecular complexity index is 527. The molecule has 0 saturated heterocycles. The van der Waals surface area contributed by atoms with E-state index in [1.165, 1.54) is 22.9 Å². The third kappa shape index (κ3) is 5.25. The summed E-state index contributed by atoms with van der Waals surface area (Å²) >= 11 is 0. The molecule has 1 aromatic rings. The Labute approximate surface area is 114 Å². The number of amides is 1. The maximum Gasteiger partial charge on any atom is 0.251 e. The molecule has 2 atom stereocenters. The van der Waals surface area contributed by atoms with E-state index in [9.17, 15) is 13.8 Å². The average molecular weight is 285 g/mol. The van der Waals surface area contributed by atoms with E-state index in [2.05, 4.69) is 5.32 Å².